The zero-order valence-electron chi connectivity index (χ0n) is 20.4. The minimum atomic E-state index is -4.72. The van der Waals surface area contributed by atoms with Crippen LogP contribution in [0.4, 0.5) is 4.79 Å². The number of amides is 2. The highest BCUT2D eigenvalue weighted by molar-refractivity contribution is 7.86. The van der Waals surface area contributed by atoms with Gasteiger partial charge >= 0.3 is 16.3 Å². The van der Waals surface area contributed by atoms with Crippen LogP contribution in [0.1, 0.15) is 49.5 Å². The largest absolute Gasteiger partial charge is 0.514 e. The van der Waals surface area contributed by atoms with Gasteiger partial charge in [0.1, 0.15) is 11.4 Å². The van der Waals surface area contributed by atoms with E-state index >= 15 is 0 Å². The van der Waals surface area contributed by atoms with Crippen molar-refractivity contribution in [1.29, 1.82) is 0 Å². The number of allylic oxidation sites excluding steroid dienone is 2. The molecule has 2 aromatic rings. The molecule has 194 valence electrons. The molecule has 4 rings (SSSR count). The summed E-state index contributed by atoms with van der Waals surface area (Å²) in [6, 6.07) is 11.0. The lowest BCUT2D eigenvalue weighted by Crippen LogP contribution is -2.34. The van der Waals surface area contributed by atoms with Gasteiger partial charge in [-0.15, -0.1) is 9.35 Å². The van der Waals surface area contributed by atoms with Gasteiger partial charge in [-0.3, -0.25) is 14.4 Å². The van der Waals surface area contributed by atoms with E-state index in [9.17, 15) is 27.6 Å². The maximum absolute atomic E-state index is 13.2. The maximum Gasteiger partial charge on any atom is 0.514 e. The Morgan fingerprint density at radius 3 is 2.08 bits per heavy atom. The smallest absolute Gasteiger partial charge is 0.428 e. The number of ketones is 1. The minimum Gasteiger partial charge on any atom is -0.428 e. The predicted molar refractivity (Wildman–Crippen MR) is 129 cm³/mol. The van der Waals surface area contributed by atoms with E-state index in [4.69, 9.17) is 13.8 Å². The van der Waals surface area contributed by atoms with Crippen LogP contribution >= 0.6 is 0 Å². The molecule has 11 heteroatoms. The molecule has 1 aliphatic carbocycles. The van der Waals surface area contributed by atoms with Crippen molar-refractivity contribution in [3.05, 3.63) is 71.8 Å². The fourth-order valence-electron chi connectivity index (χ4n) is 4.02. The number of rotatable bonds is 6. The van der Waals surface area contributed by atoms with Crippen LogP contribution in [0.25, 0.3) is 0 Å². The molecule has 10 nitrogen and oxygen atoms in total. The Balaban J connectivity index is 1.67. The number of imide groups is 1. The third kappa shape index (κ3) is 5.62. The topological polar surface area (TPSA) is 133 Å². The summed E-state index contributed by atoms with van der Waals surface area (Å²) in [6.45, 7) is 4.89. The fraction of sp³-hybridized carbons (Fsp3) is 0.308. The number of nitrogens with zero attached hydrogens (tertiary/aromatic N) is 1. The number of hydrogen-bond acceptors (Lipinski definition) is 9. The summed E-state index contributed by atoms with van der Waals surface area (Å²) in [4.78, 5) is 50.3. The Kier molecular flexibility index (Phi) is 7.03. The van der Waals surface area contributed by atoms with Gasteiger partial charge in [-0.2, -0.15) is 8.42 Å². The van der Waals surface area contributed by atoms with Crippen LogP contribution in [0.3, 0.4) is 0 Å². The van der Waals surface area contributed by atoms with E-state index in [0.29, 0.717) is 12.8 Å². The Bertz CT molecular complexity index is 1360. The summed E-state index contributed by atoms with van der Waals surface area (Å²) in [5, 5.41) is 0.279. The second-order valence-corrected chi connectivity index (χ2v) is 11.1. The maximum atomic E-state index is 13.2. The van der Waals surface area contributed by atoms with E-state index < -0.39 is 56.2 Å². The van der Waals surface area contributed by atoms with Gasteiger partial charge in [0.2, 0.25) is 0 Å². The predicted octanol–water partition coefficient (Wildman–Crippen LogP) is 3.80. The van der Waals surface area contributed by atoms with Crippen molar-refractivity contribution in [1.82, 2.24) is 5.06 Å². The Hall–Kier alpha value is -3.83. The number of ether oxygens (including phenoxy) is 2. The fourth-order valence-corrected chi connectivity index (χ4v) is 4.95. The quantitative estimate of drug-likeness (QED) is 0.181. The van der Waals surface area contributed by atoms with Crippen molar-refractivity contribution in [3.8, 4) is 5.75 Å². The van der Waals surface area contributed by atoms with Gasteiger partial charge < -0.3 is 9.47 Å². The zero-order chi connectivity index (χ0) is 27.0. The first-order valence-electron chi connectivity index (χ1n) is 11.5. The molecule has 2 aromatic carbocycles. The second kappa shape index (κ2) is 9.91. The molecular weight excluding hydrogens is 502 g/mol. The average Bonchev–Trinajstić information content (AvgIpc) is 3.08. The van der Waals surface area contributed by atoms with Gasteiger partial charge in [0, 0.05) is 5.56 Å². The van der Waals surface area contributed by atoms with Crippen molar-refractivity contribution in [2.45, 2.75) is 44.1 Å². The first-order chi connectivity index (χ1) is 17.4. The zero-order valence-corrected chi connectivity index (χ0v) is 21.2. The first-order valence-corrected chi connectivity index (χ1v) is 12.9. The summed E-state index contributed by atoms with van der Waals surface area (Å²) >= 11 is 0. The third-order valence-corrected chi connectivity index (χ3v) is 6.92. The van der Waals surface area contributed by atoms with E-state index in [1.165, 1.54) is 12.1 Å². The molecule has 2 amide bonds. The molecule has 37 heavy (non-hydrogen) atoms. The highest BCUT2D eigenvalue weighted by atomic mass is 32.2. The molecule has 2 atom stereocenters. The highest BCUT2D eigenvalue weighted by Gasteiger charge is 2.50. The molecule has 0 aromatic heterocycles. The van der Waals surface area contributed by atoms with Crippen LogP contribution in [0.5, 0.6) is 5.75 Å². The normalized spacial score (nSPS) is 19.5. The van der Waals surface area contributed by atoms with Crippen LogP contribution in [-0.2, 0) is 28.7 Å². The summed E-state index contributed by atoms with van der Waals surface area (Å²) in [5.41, 5.74) is -0.939. The lowest BCUT2D eigenvalue weighted by Gasteiger charge is -2.19. The van der Waals surface area contributed by atoms with E-state index in [-0.39, 0.29) is 21.9 Å². The van der Waals surface area contributed by atoms with Crippen LogP contribution in [0.2, 0.25) is 0 Å². The Labute approximate surface area is 213 Å². The van der Waals surface area contributed by atoms with Crippen LogP contribution in [0, 0.1) is 11.8 Å². The van der Waals surface area contributed by atoms with Gasteiger partial charge in [-0.05, 0) is 51.8 Å². The second-order valence-electron chi connectivity index (χ2n) is 9.57. The van der Waals surface area contributed by atoms with Gasteiger partial charge in [0.15, 0.2) is 5.78 Å². The molecule has 0 radical (unpaired) electrons. The molecule has 0 N–H and O–H groups in total. The molecule has 1 fully saturated rings. The first kappa shape index (κ1) is 26.2. The third-order valence-electron chi connectivity index (χ3n) is 5.74. The Morgan fingerprint density at radius 2 is 1.51 bits per heavy atom. The molecule has 1 saturated heterocycles. The van der Waals surface area contributed by atoms with E-state index in [0.717, 1.165) is 18.2 Å². The van der Waals surface area contributed by atoms with E-state index in [2.05, 4.69) is 0 Å². The van der Waals surface area contributed by atoms with Crippen LogP contribution in [0.15, 0.2) is 65.6 Å². The minimum absolute atomic E-state index is 0.202. The molecule has 2 unspecified atom stereocenters. The monoisotopic (exact) mass is 527 g/mol. The van der Waals surface area contributed by atoms with Crippen molar-refractivity contribution < 1.29 is 41.4 Å². The van der Waals surface area contributed by atoms with Crippen molar-refractivity contribution >= 4 is 33.9 Å². The lowest BCUT2D eigenvalue weighted by molar-refractivity contribution is -0.165. The van der Waals surface area contributed by atoms with Gasteiger partial charge in [-0.1, -0.05) is 42.5 Å². The summed E-state index contributed by atoms with van der Waals surface area (Å²) in [5.74, 6) is -3.74. The number of hydrogen-bond donors (Lipinski definition) is 0. The average molecular weight is 528 g/mol. The highest BCUT2D eigenvalue weighted by Crippen LogP contribution is 2.36. The van der Waals surface area contributed by atoms with Gasteiger partial charge in [-0.25, -0.2) is 4.79 Å². The van der Waals surface area contributed by atoms with Crippen molar-refractivity contribution in [2.75, 3.05) is 0 Å². The van der Waals surface area contributed by atoms with Crippen LogP contribution < -0.4 is 4.74 Å². The number of carbonyl (C=O) groups is 4. The number of fused-ring (bicyclic) bond motifs is 1. The van der Waals surface area contributed by atoms with Crippen LogP contribution in [-0.4, -0.2) is 42.8 Å². The van der Waals surface area contributed by atoms with Crippen molar-refractivity contribution in [3.63, 3.8) is 0 Å². The van der Waals surface area contributed by atoms with Crippen molar-refractivity contribution in [2.24, 2.45) is 11.8 Å². The SMILES string of the molecule is CC(C)(C)OC(=O)Oc1ccc(S(=O)(=O)ON2C(=O)C3CC=CCC3C2=O)cc1C(=O)c1ccccc1. The van der Waals surface area contributed by atoms with E-state index in [1.807, 2.05) is 0 Å². The van der Waals surface area contributed by atoms with Gasteiger partial charge in [0.25, 0.3) is 11.8 Å². The molecule has 0 spiro atoms. The van der Waals surface area contributed by atoms with E-state index in [1.54, 1.807) is 51.1 Å². The number of carbonyl (C=O) groups excluding carboxylic acids is 4. The number of benzene rings is 2. The molecular formula is C26H25NO9S. The molecule has 0 bridgehead atoms. The standard InChI is InChI=1S/C26H25NO9S/c1-26(2,3)35-25(31)34-21-14-13-17(15-20(21)22(28)16-9-5-4-6-10-16)37(32,33)36-27-23(29)18-11-7-8-12-19(18)24(27)30/h4-10,13-15,18-19H,11-12H2,1-3H3. The lowest BCUT2D eigenvalue weighted by atomic mass is 9.85. The van der Waals surface area contributed by atoms with Gasteiger partial charge in [0.05, 0.1) is 22.3 Å². The summed E-state index contributed by atoms with van der Waals surface area (Å²) in [6.07, 6.45) is 3.04. The Morgan fingerprint density at radius 1 is 0.919 bits per heavy atom. The molecule has 0 saturated carbocycles. The molecule has 1 heterocycles. The summed E-state index contributed by atoms with van der Waals surface area (Å²) < 4.78 is 41.5. The molecule has 1 aliphatic heterocycles. The number of hydroxylamine groups is 2. The summed E-state index contributed by atoms with van der Waals surface area (Å²) in [7, 11) is -4.72. The molecule has 2 aliphatic rings.